The highest BCUT2D eigenvalue weighted by atomic mass is 32.2. The standard InChI is InChI=1S/C9H11NO4S2/c1-5(12)15-4-7(13)8(14)9-10-6(2-11)3-16-9/h2-3,7-8,13-14H,4H2,1H3. The van der Waals surface area contributed by atoms with E-state index in [4.69, 9.17) is 0 Å². The third-order valence-electron chi connectivity index (χ3n) is 1.74. The van der Waals surface area contributed by atoms with E-state index in [1.54, 1.807) is 0 Å². The second-order valence-corrected chi connectivity index (χ2v) is 5.13. The molecule has 0 aliphatic heterocycles. The van der Waals surface area contributed by atoms with Gasteiger partial charge < -0.3 is 10.2 Å². The minimum atomic E-state index is -1.16. The monoisotopic (exact) mass is 261 g/mol. The third kappa shape index (κ3) is 3.67. The van der Waals surface area contributed by atoms with Crippen LogP contribution in [0.5, 0.6) is 0 Å². The molecule has 1 aromatic rings. The molecule has 0 saturated carbocycles. The van der Waals surface area contributed by atoms with Crippen LogP contribution in [0, 0.1) is 0 Å². The Hall–Kier alpha value is -0.760. The minimum absolute atomic E-state index is 0.104. The molecule has 0 radical (unpaired) electrons. The zero-order valence-corrected chi connectivity index (χ0v) is 10.1. The number of carbonyl (C=O) groups is 2. The average Bonchev–Trinajstić information content (AvgIpc) is 2.73. The number of aliphatic hydroxyl groups is 2. The van der Waals surface area contributed by atoms with Crippen molar-refractivity contribution >= 4 is 34.5 Å². The van der Waals surface area contributed by atoms with E-state index in [1.165, 1.54) is 12.3 Å². The molecule has 0 aliphatic rings. The summed E-state index contributed by atoms with van der Waals surface area (Å²) >= 11 is 2.03. The van der Waals surface area contributed by atoms with Gasteiger partial charge in [0.25, 0.3) is 0 Å². The van der Waals surface area contributed by atoms with Gasteiger partial charge in [0.1, 0.15) is 16.8 Å². The molecule has 1 rings (SSSR count). The number of carbonyl (C=O) groups excluding carboxylic acids is 2. The molecule has 0 bridgehead atoms. The number of hydrogen-bond acceptors (Lipinski definition) is 7. The first-order valence-electron chi connectivity index (χ1n) is 4.44. The molecule has 0 aliphatic carbocycles. The third-order valence-corrected chi connectivity index (χ3v) is 3.58. The average molecular weight is 261 g/mol. The van der Waals surface area contributed by atoms with Crippen molar-refractivity contribution in [1.29, 1.82) is 0 Å². The van der Waals surface area contributed by atoms with E-state index in [-0.39, 0.29) is 21.6 Å². The highest BCUT2D eigenvalue weighted by molar-refractivity contribution is 8.13. The van der Waals surface area contributed by atoms with Gasteiger partial charge in [-0.15, -0.1) is 11.3 Å². The first-order valence-corrected chi connectivity index (χ1v) is 6.31. The molecule has 2 unspecified atom stereocenters. The highest BCUT2D eigenvalue weighted by Crippen LogP contribution is 2.22. The van der Waals surface area contributed by atoms with Crippen molar-refractivity contribution in [3.8, 4) is 0 Å². The lowest BCUT2D eigenvalue weighted by atomic mass is 10.2. The van der Waals surface area contributed by atoms with E-state index >= 15 is 0 Å². The summed E-state index contributed by atoms with van der Waals surface area (Å²) in [7, 11) is 0. The van der Waals surface area contributed by atoms with E-state index in [0.717, 1.165) is 23.1 Å². The molecule has 88 valence electrons. The zero-order valence-electron chi connectivity index (χ0n) is 8.49. The molecule has 1 aromatic heterocycles. The Morgan fingerprint density at radius 2 is 2.38 bits per heavy atom. The second kappa shape index (κ2) is 6.09. The van der Waals surface area contributed by atoms with Gasteiger partial charge in [0.05, 0.1) is 6.10 Å². The number of aldehydes is 1. The summed E-state index contributed by atoms with van der Waals surface area (Å²) in [6.45, 7) is 1.39. The van der Waals surface area contributed by atoms with Crippen LogP contribution in [0.15, 0.2) is 5.38 Å². The van der Waals surface area contributed by atoms with Crippen molar-refractivity contribution in [2.24, 2.45) is 0 Å². The number of aromatic nitrogens is 1. The van der Waals surface area contributed by atoms with Gasteiger partial charge >= 0.3 is 0 Å². The molecule has 0 spiro atoms. The molecule has 7 heteroatoms. The van der Waals surface area contributed by atoms with Crippen molar-refractivity contribution in [1.82, 2.24) is 4.98 Å². The van der Waals surface area contributed by atoms with Gasteiger partial charge in [-0.1, -0.05) is 11.8 Å². The van der Waals surface area contributed by atoms with Gasteiger partial charge in [0, 0.05) is 18.1 Å². The van der Waals surface area contributed by atoms with Gasteiger partial charge in [0.15, 0.2) is 11.4 Å². The number of thiazole rings is 1. The van der Waals surface area contributed by atoms with Gasteiger partial charge in [-0.2, -0.15) is 0 Å². The van der Waals surface area contributed by atoms with Crippen LogP contribution < -0.4 is 0 Å². The smallest absolute Gasteiger partial charge is 0.185 e. The van der Waals surface area contributed by atoms with Crippen LogP contribution in [0.3, 0.4) is 0 Å². The molecule has 16 heavy (non-hydrogen) atoms. The SMILES string of the molecule is CC(=O)SCC(O)C(O)c1nc(C=O)cs1. The maximum atomic E-state index is 10.7. The molecule has 0 saturated heterocycles. The van der Waals surface area contributed by atoms with Crippen molar-refractivity contribution in [3.63, 3.8) is 0 Å². The van der Waals surface area contributed by atoms with Crippen LogP contribution in [0.25, 0.3) is 0 Å². The molecular formula is C9H11NO4S2. The Balaban J connectivity index is 2.58. The van der Waals surface area contributed by atoms with Crippen molar-refractivity contribution in [2.45, 2.75) is 19.1 Å². The molecule has 0 aromatic carbocycles. The molecule has 2 N–H and O–H groups in total. The number of nitrogens with zero attached hydrogens (tertiary/aromatic N) is 1. The van der Waals surface area contributed by atoms with E-state index in [1.807, 2.05) is 0 Å². The lowest BCUT2D eigenvalue weighted by Crippen LogP contribution is -2.21. The normalized spacial score (nSPS) is 14.4. The fourth-order valence-electron chi connectivity index (χ4n) is 0.949. The van der Waals surface area contributed by atoms with Crippen molar-refractivity contribution in [3.05, 3.63) is 16.1 Å². The molecule has 0 amide bonds. The molecule has 2 atom stereocenters. The Morgan fingerprint density at radius 3 is 2.88 bits per heavy atom. The van der Waals surface area contributed by atoms with Gasteiger partial charge in [-0.05, 0) is 0 Å². The maximum absolute atomic E-state index is 10.7. The lowest BCUT2D eigenvalue weighted by Gasteiger charge is -2.14. The highest BCUT2D eigenvalue weighted by Gasteiger charge is 2.22. The number of aliphatic hydroxyl groups excluding tert-OH is 2. The van der Waals surface area contributed by atoms with Crippen LogP contribution in [0.2, 0.25) is 0 Å². The summed E-state index contributed by atoms with van der Waals surface area (Å²) in [5, 5.41) is 20.9. The molecule has 5 nitrogen and oxygen atoms in total. The van der Waals surface area contributed by atoms with Crippen LogP contribution in [-0.4, -0.2) is 38.5 Å². The van der Waals surface area contributed by atoms with Gasteiger partial charge in [-0.3, -0.25) is 9.59 Å². The van der Waals surface area contributed by atoms with Crippen LogP contribution in [-0.2, 0) is 4.79 Å². The first-order chi connectivity index (χ1) is 7.54. The minimum Gasteiger partial charge on any atom is -0.389 e. The van der Waals surface area contributed by atoms with Crippen molar-refractivity contribution < 1.29 is 19.8 Å². The molecule has 0 fully saturated rings. The Labute approximate surface area is 101 Å². The topological polar surface area (TPSA) is 87.5 Å². The van der Waals surface area contributed by atoms with Crippen LogP contribution in [0.4, 0.5) is 0 Å². The summed E-state index contributed by atoms with van der Waals surface area (Å²) in [6.07, 6.45) is -1.66. The summed E-state index contributed by atoms with van der Waals surface area (Å²) < 4.78 is 0. The molecular weight excluding hydrogens is 250 g/mol. The van der Waals surface area contributed by atoms with Crippen LogP contribution in [0.1, 0.15) is 28.5 Å². The van der Waals surface area contributed by atoms with E-state index in [2.05, 4.69) is 4.98 Å². The molecule has 1 heterocycles. The second-order valence-electron chi connectivity index (χ2n) is 3.04. The Kier molecular flexibility index (Phi) is 5.07. The van der Waals surface area contributed by atoms with Crippen molar-refractivity contribution in [2.75, 3.05) is 5.75 Å². The first kappa shape index (κ1) is 13.3. The summed E-state index contributed by atoms with van der Waals surface area (Å²) in [5.41, 5.74) is 0.227. The number of hydrogen-bond donors (Lipinski definition) is 2. The summed E-state index contributed by atoms with van der Waals surface area (Å²) in [6, 6.07) is 0. The van der Waals surface area contributed by atoms with Gasteiger partial charge in [-0.25, -0.2) is 4.98 Å². The fraction of sp³-hybridized carbons (Fsp3) is 0.444. The van der Waals surface area contributed by atoms with Crippen LogP contribution >= 0.6 is 23.1 Å². The van der Waals surface area contributed by atoms with E-state index in [9.17, 15) is 19.8 Å². The predicted molar refractivity (Wildman–Crippen MR) is 61.6 cm³/mol. The largest absolute Gasteiger partial charge is 0.389 e. The fourth-order valence-corrected chi connectivity index (χ4v) is 2.34. The Morgan fingerprint density at radius 1 is 1.69 bits per heavy atom. The maximum Gasteiger partial charge on any atom is 0.185 e. The number of thioether (sulfide) groups is 1. The zero-order chi connectivity index (χ0) is 12.1. The Bertz CT molecular complexity index is 379. The number of rotatable bonds is 5. The quantitative estimate of drug-likeness (QED) is 0.756. The van der Waals surface area contributed by atoms with E-state index in [0.29, 0.717) is 6.29 Å². The predicted octanol–water partition coefficient (Wildman–Crippen LogP) is 0.630. The lowest BCUT2D eigenvalue weighted by molar-refractivity contribution is -0.109. The van der Waals surface area contributed by atoms with E-state index < -0.39 is 12.2 Å². The van der Waals surface area contributed by atoms with Gasteiger partial charge in [0.2, 0.25) is 0 Å². The summed E-state index contributed by atoms with van der Waals surface area (Å²) in [5.74, 6) is 0.104. The summed E-state index contributed by atoms with van der Waals surface area (Å²) in [4.78, 5) is 24.9.